The largest absolute Gasteiger partial charge is 0.457 e. The number of pyridine rings is 3. The van der Waals surface area contributed by atoms with Gasteiger partial charge in [-0.3, -0.25) is 13.8 Å². The minimum atomic E-state index is 0.737. The molecule has 0 aliphatic heterocycles. The van der Waals surface area contributed by atoms with Gasteiger partial charge < -0.3 is 4.74 Å². The van der Waals surface area contributed by atoms with Gasteiger partial charge in [-0.2, -0.15) is 0 Å². The minimum absolute atomic E-state index is 0.737. The Balaban J connectivity index is 1.24. The van der Waals surface area contributed by atoms with Crippen molar-refractivity contribution in [3.8, 4) is 22.8 Å². The molecule has 5 aromatic heterocycles. The summed E-state index contributed by atoms with van der Waals surface area (Å²) in [5, 5.41) is 5.41. The summed E-state index contributed by atoms with van der Waals surface area (Å²) in [6.07, 6.45) is 7.70. The highest BCUT2D eigenvalue weighted by Gasteiger charge is 2.18. The lowest BCUT2D eigenvalue weighted by Gasteiger charge is -2.15. The number of para-hydroxylation sites is 1. The van der Waals surface area contributed by atoms with Crippen molar-refractivity contribution in [1.82, 2.24) is 23.8 Å². The summed E-state index contributed by atoms with van der Waals surface area (Å²) in [5.74, 6) is 1.49. The Morgan fingerprint density at radius 2 is 1.32 bits per heavy atom. The molecule has 210 valence electrons. The van der Waals surface area contributed by atoms with Gasteiger partial charge in [-0.05, 0) is 91.9 Å². The van der Waals surface area contributed by atoms with Crippen molar-refractivity contribution in [2.24, 2.45) is 0 Å². The Morgan fingerprint density at radius 1 is 0.591 bits per heavy atom. The van der Waals surface area contributed by atoms with Crippen LogP contribution in [0.5, 0.6) is 11.5 Å². The number of hydrogen-bond acceptors (Lipinski definition) is 4. The van der Waals surface area contributed by atoms with Crippen LogP contribution in [0.15, 0.2) is 110 Å². The van der Waals surface area contributed by atoms with Crippen LogP contribution in [0.25, 0.3) is 66.0 Å². The topological polar surface area (TPSA) is 56.7 Å². The molecule has 0 radical (unpaired) electrons. The molecule has 44 heavy (non-hydrogen) atoms. The fraction of sp³-hybridized carbons (Fsp3) is 0.0789. The second kappa shape index (κ2) is 9.12. The Morgan fingerprint density at radius 3 is 2.14 bits per heavy atom. The molecule has 0 atom stereocenters. The van der Waals surface area contributed by atoms with Crippen molar-refractivity contribution in [1.29, 1.82) is 0 Å². The number of nitrogens with zero attached hydrogens (tertiary/aromatic N) is 5. The lowest BCUT2D eigenvalue weighted by Crippen LogP contribution is -1.98. The molecule has 0 saturated carbocycles. The van der Waals surface area contributed by atoms with E-state index in [4.69, 9.17) is 14.7 Å². The molecule has 0 saturated heterocycles. The molecule has 0 spiro atoms. The molecule has 0 aliphatic rings. The van der Waals surface area contributed by atoms with E-state index in [-0.39, 0.29) is 0 Å². The van der Waals surface area contributed by atoms with Crippen LogP contribution in [-0.2, 0) is 0 Å². The Hall–Kier alpha value is -5.75. The van der Waals surface area contributed by atoms with Crippen molar-refractivity contribution in [2.75, 3.05) is 0 Å². The van der Waals surface area contributed by atoms with E-state index in [0.717, 1.165) is 66.6 Å². The van der Waals surface area contributed by atoms with Gasteiger partial charge in [0, 0.05) is 45.7 Å². The molecule has 6 nitrogen and oxygen atoms in total. The smallest absolute Gasteiger partial charge is 0.145 e. The van der Waals surface area contributed by atoms with Gasteiger partial charge in [0.1, 0.15) is 22.8 Å². The molecule has 5 heterocycles. The third kappa shape index (κ3) is 3.51. The highest BCUT2D eigenvalue weighted by Crippen LogP contribution is 2.38. The van der Waals surface area contributed by atoms with Crippen LogP contribution >= 0.6 is 0 Å². The number of benzene rings is 4. The van der Waals surface area contributed by atoms with Crippen LogP contribution in [0.1, 0.15) is 16.7 Å². The summed E-state index contributed by atoms with van der Waals surface area (Å²) in [4.78, 5) is 14.5. The first-order valence-electron chi connectivity index (χ1n) is 14.8. The molecule has 4 aromatic carbocycles. The quantitative estimate of drug-likeness (QED) is 0.199. The van der Waals surface area contributed by atoms with Crippen molar-refractivity contribution < 1.29 is 4.74 Å². The SMILES string of the molecule is Cc1cc(C)c(-c2cnc3c4cc(Oc5ccc6c7ccccc7n7ccnc7c6c5)ccc4c4ncccc4n23)c(C)c1. The molecular formula is C38H27N5O. The zero-order chi connectivity index (χ0) is 29.5. The maximum Gasteiger partial charge on any atom is 0.145 e. The van der Waals surface area contributed by atoms with E-state index in [2.05, 4.69) is 101 Å². The van der Waals surface area contributed by atoms with E-state index in [1.165, 1.54) is 27.6 Å². The number of fused-ring (bicyclic) bond motifs is 12. The van der Waals surface area contributed by atoms with E-state index in [1.807, 2.05) is 43.0 Å². The van der Waals surface area contributed by atoms with Crippen molar-refractivity contribution in [3.63, 3.8) is 0 Å². The van der Waals surface area contributed by atoms with Crippen molar-refractivity contribution >= 4 is 54.8 Å². The van der Waals surface area contributed by atoms with Crippen LogP contribution in [0.3, 0.4) is 0 Å². The van der Waals surface area contributed by atoms with E-state index in [1.54, 1.807) is 0 Å². The first-order valence-corrected chi connectivity index (χ1v) is 14.8. The second-order valence-corrected chi connectivity index (χ2v) is 11.6. The lowest BCUT2D eigenvalue weighted by atomic mass is 9.97. The molecule has 0 unspecified atom stereocenters. The third-order valence-electron chi connectivity index (χ3n) is 8.77. The first kappa shape index (κ1) is 24.8. The van der Waals surface area contributed by atoms with Gasteiger partial charge in [-0.15, -0.1) is 0 Å². The summed E-state index contributed by atoms with van der Waals surface area (Å²) in [6, 6.07) is 29.4. The minimum Gasteiger partial charge on any atom is -0.457 e. The Bertz CT molecular complexity index is 2600. The van der Waals surface area contributed by atoms with E-state index < -0.39 is 0 Å². The van der Waals surface area contributed by atoms with Crippen LogP contribution in [0, 0.1) is 20.8 Å². The Kier molecular flexibility index (Phi) is 5.14. The molecular weight excluding hydrogens is 542 g/mol. The van der Waals surface area contributed by atoms with Crippen LogP contribution in [0.2, 0.25) is 0 Å². The van der Waals surface area contributed by atoms with Gasteiger partial charge in [0.05, 0.1) is 28.4 Å². The summed E-state index contributed by atoms with van der Waals surface area (Å²) in [7, 11) is 0. The fourth-order valence-corrected chi connectivity index (χ4v) is 7.06. The normalized spacial score (nSPS) is 12.0. The number of imidazole rings is 2. The number of rotatable bonds is 3. The average molecular weight is 570 g/mol. The molecule has 0 bridgehead atoms. The molecule has 9 rings (SSSR count). The summed E-state index contributed by atoms with van der Waals surface area (Å²) in [5.41, 5.74) is 10.9. The van der Waals surface area contributed by atoms with Gasteiger partial charge in [-0.1, -0.05) is 35.9 Å². The molecule has 9 aromatic rings. The van der Waals surface area contributed by atoms with Crippen LogP contribution in [0.4, 0.5) is 0 Å². The molecule has 6 heteroatoms. The van der Waals surface area contributed by atoms with Crippen molar-refractivity contribution in [2.45, 2.75) is 20.8 Å². The number of aryl methyl sites for hydroxylation is 3. The zero-order valence-electron chi connectivity index (χ0n) is 24.5. The second-order valence-electron chi connectivity index (χ2n) is 11.6. The lowest BCUT2D eigenvalue weighted by molar-refractivity contribution is 0.484. The first-order chi connectivity index (χ1) is 21.5. The highest BCUT2D eigenvalue weighted by molar-refractivity contribution is 6.13. The highest BCUT2D eigenvalue weighted by atomic mass is 16.5. The number of hydrogen-bond donors (Lipinski definition) is 0. The molecule has 0 aliphatic carbocycles. The monoisotopic (exact) mass is 569 g/mol. The summed E-state index contributed by atoms with van der Waals surface area (Å²) >= 11 is 0. The number of ether oxygens (including phenoxy) is 1. The van der Waals surface area contributed by atoms with Gasteiger partial charge in [0.2, 0.25) is 0 Å². The van der Waals surface area contributed by atoms with Crippen LogP contribution < -0.4 is 4.74 Å². The molecule has 0 amide bonds. The molecule has 0 fully saturated rings. The standard InChI is InChI=1S/C38H27N5O/c1-22-17-23(2)35(24(3)18-22)34-21-41-38-31-20-26(11-13-29(31)36-33(43(34)38)9-6-14-39-36)44-25-10-12-27-28-7-4-5-8-32(28)42-16-15-40-37(42)30(27)19-25/h4-21H,1-3H3. The average Bonchev–Trinajstić information content (AvgIpc) is 3.70. The Labute approximate surface area is 252 Å². The maximum atomic E-state index is 6.54. The molecule has 0 N–H and O–H groups in total. The predicted octanol–water partition coefficient (Wildman–Crippen LogP) is 9.37. The van der Waals surface area contributed by atoms with Gasteiger partial charge in [0.15, 0.2) is 0 Å². The van der Waals surface area contributed by atoms with E-state index in [9.17, 15) is 0 Å². The van der Waals surface area contributed by atoms with Crippen LogP contribution in [-0.4, -0.2) is 23.8 Å². The third-order valence-corrected chi connectivity index (χ3v) is 8.77. The summed E-state index contributed by atoms with van der Waals surface area (Å²) < 4.78 is 10.9. The van der Waals surface area contributed by atoms with Gasteiger partial charge in [0.25, 0.3) is 0 Å². The van der Waals surface area contributed by atoms with Crippen molar-refractivity contribution in [3.05, 3.63) is 126 Å². The number of aromatic nitrogens is 5. The fourth-order valence-electron chi connectivity index (χ4n) is 7.06. The van der Waals surface area contributed by atoms with E-state index >= 15 is 0 Å². The van der Waals surface area contributed by atoms with Gasteiger partial charge in [-0.25, -0.2) is 9.97 Å². The maximum absolute atomic E-state index is 6.54. The van der Waals surface area contributed by atoms with E-state index in [0.29, 0.717) is 0 Å². The summed E-state index contributed by atoms with van der Waals surface area (Å²) in [6.45, 7) is 6.49. The zero-order valence-corrected chi connectivity index (χ0v) is 24.5. The van der Waals surface area contributed by atoms with Gasteiger partial charge >= 0.3 is 0 Å². The predicted molar refractivity (Wildman–Crippen MR) is 178 cm³/mol.